The molecule has 2 amide bonds. The molecule has 1 aromatic heterocycles. The number of nitrogens with one attached hydrogen (secondary N) is 2. The smallest absolute Gasteiger partial charge is 0.319 e. The molecule has 4 N–H and O–H groups in total. The Morgan fingerprint density at radius 3 is 2.75 bits per heavy atom. The van der Waals surface area contributed by atoms with Crippen LogP contribution in [0.2, 0.25) is 0 Å². The molecule has 0 fully saturated rings. The molecule has 1 atom stereocenters. The Bertz CT molecular complexity index is 533. The van der Waals surface area contributed by atoms with E-state index in [-0.39, 0.29) is 12.1 Å². The minimum atomic E-state index is -0.231. The second-order valence-electron chi connectivity index (χ2n) is 4.56. The summed E-state index contributed by atoms with van der Waals surface area (Å²) in [5.74, 6) is 0. The highest BCUT2D eigenvalue weighted by atomic mass is 16.2. The van der Waals surface area contributed by atoms with Crippen LogP contribution in [0, 0.1) is 0 Å². The SMILES string of the molecule is CC(N)c1ccc(NC(=O)NCCn2cccn2)cc1. The van der Waals surface area contributed by atoms with E-state index in [0.29, 0.717) is 13.1 Å². The fourth-order valence-electron chi connectivity index (χ4n) is 1.76. The lowest BCUT2D eigenvalue weighted by molar-refractivity contribution is 0.251. The first kappa shape index (κ1) is 14.1. The van der Waals surface area contributed by atoms with Crippen molar-refractivity contribution < 1.29 is 4.79 Å². The number of urea groups is 1. The molecular weight excluding hydrogens is 254 g/mol. The van der Waals surface area contributed by atoms with Crippen LogP contribution in [-0.4, -0.2) is 22.4 Å². The van der Waals surface area contributed by atoms with Crippen LogP contribution in [0.3, 0.4) is 0 Å². The third-order valence-electron chi connectivity index (χ3n) is 2.88. The zero-order valence-corrected chi connectivity index (χ0v) is 11.4. The molecule has 106 valence electrons. The molecule has 6 nitrogen and oxygen atoms in total. The van der Waals surface area contributed by atoms with Crippen LogP contribution >= 0.6 is 0 Å². The Balaban J connectivity index is 1.76. The van der Waals surface area contributed by atoms with Crippen molar-refractivity contribution in [3.05, 3.63) is 48.3 Å². The monoisotopic (exact) mass is 273 g/mol. The predicted molar refractivity (Wildman–Crippen MR) is 78.3 cm³/mol. The highest BCUT2D eigenvalue weighted by molar-refractivity contribution is 5.89. The van der Waals surface area contributed by atoms with Crippen molar-refractivity contribution in [2.45, 2.75) is 19.5 Å². The van der Waals surface area contributed by atoms with E-state index in [1.54, 1.807) is 10.9 Å². The Hall–Kier alpha value is -2.34. The maximum absolute atomic E-state index is 11.7. The van der Waals surface area contributed by atoms with Crippen molar-refractivity contribution >= 4 is 11.7 Å². The minimum absolute atomic E-state index is 0.00746. The Morgan fingerprint density at radius 1 is 1.40 bits per heavy atom. The van der Waals surface area contributed by atoms with Gasteiger partial charge < -0.3 is 16.4 Å². The van der Waals surface area contributed by atoms with Crippen LogP contribution in [0.1, 0.15) is 18.5 Å². The third kappa shape index (κ3) is 4.10. The molecule has 0 spiro atoms. The molecule has 2 aromatic rings. The topological polar surface area (TPSA) is 85.0 Å². The Kier molecular flexibility index (Phi) is 4.73. The number of nitrogens with two attached hydrogens (primary N) is 1. The van der Waals surface area contributed by atoms with Gasteiger partial charge in [0.15, 0.2) is 0 Å². The fraction of sp³-hybridized carbons (Fsp3) is 0.286. The lowest BCUT2D eigenvalue weighted by Crippen LogP contribution is -2.31. The highest BCUT2D eigenvalue weighted by Gasteiger charge is 2.03. The van der Waals surface area contributed by atoms with Gasteiger partial charge >= 0.3 is 6.03 Å². The molecule has 1 aromatic carbocycles. The van der Waals surface area contributed by atoms with Gasteiger partial charge in [0.1, 0.15) is 0 Å². The van der Waals surface area contributed by atoms with Crippen molar-refractivity contribution in [2.24, 2.45) is 5.73 Å². The van der Waals surface area contributed by atoms with Gasteiger partial charge in [-0.25, -0.2) is 4.79 Å². The number of amides is 2. The molecule has 1 heterocycles. The molecule has 0 saturated heterocycles. The molecule has 0 aliphatic rings. The van der Waals surface area contributed by atoms with Crippen molar-refractivity contribution in [1.29, 1.82) is 0 Å². The summed E-state index contributed by atoms with van der Waals surface area (Å²) in [7, 11) is 0. The summed E-state index contributed by atoms with van der Waals surface area (Å²) in [6, 6.07) is 9.10. The first-order valence-electron chi connectivity index (χ1n) is 6.53. The number of hydrogen-bond acceptors (Lipinski definition) is 3. The van der Waals surface area contributed by atoms with E-state index < -0.39 is 0 Å². The van der Waals surface area contributed by atoms with Gasteiger partial charge in [-0.15, -0.1) is 0 Å². The summed E-state index contributed by atoms with van der Waals surface area (Å²) in [4.78, 5) is 11.7. The standard InChI is InChI=1S/C14H19N5O/c1-11(15)12-3-5-13(6-4-12)18-14(20)16-8-10-19-9-2-7-17-19/h2-7,9,11H,8,10,15H2,1H3,(H2,16,18,20). The zero-order chi connectivity index (χ0) is 14.4. The van der Waals surface area contributed by atoms with E-state index in [2.05, 4.69) is 15.7 Å². The maximum Gasteiger partial charge on any atom is 0.319 e. The molecule has 6 heteroatoms. The van der Waals surface area contributed by atoms with Gasteiger partial charge in [0.25, 0.3) is 0 Å². The number of hydrogen-bond donors (Lipinski definition) is 3. The van der Waals surface area contributed by atoms with Crippen molar-refractivity contribution in [3.63, 3.8) is 0 Å². The Morgan fingerprint density at radius 2 is 2.15 bits per heavy atom. The molecule has 0 aliphatic heterocycles. The van der Waals surface area contributed by atoms with Gasteiger partial charge in [-0.05, 0) is 30.7 Å². The summed E-state index contributed by atoms with van der Waals surface area (Å²) in [6.07, 6.45) is 3.56. The van der Waals surface area contributed by atoms with Crippen LogP contribution in [0.25, 0.3) is 0 Å². The Labute approximate surface area is 118 Å². The van der Waals surface area contributed by atoms with Gasteiger partial charge in [0.2, 0.25) is 0 Å². The van der Waals surface area contributed by atoms with E-state index in [9.17, 15) is 4.79 Å². The number of benzene rings is 1. The summed E-state index contributed by atoms with van der Waals surface area (Å²) in [6.45, 7) is 3.08. The van der Waals surface area contributed by atoms with Crippen LogP contribution in [0.5, 0.6) is 0 Å². The molecule has 1 unspecified atom stereocenters. The van der Waals surface area contributed by atoms with E-state index in [4.69, 9.17) is 5.73 Å². The van der Waals surface area contributed by atoms with Gasteiger partial charge in [-0.3, -0.25) is 4.68 Å². The molecule has 0 radical (unpaired) electrons. The second-order valence-corrected chi connectivity index (χ2v) is 4.56. The van der Waals surface area contributed by atoms with E-state index in [1.165, 1.54) is 0 Å². The quantitative estimate of drug-likeness (QED) is 0.775. The normalized spacial score (nSPS) is 11.9. The van der Waals surface area contributed by atoms with Crippen LogP contribution < -0.4 is 16.4 Å². The fourth-order valence-corrected chi connectivity index (χ4v) is 1.76. The molecule has 2 rings (SSSR count). The molecular formula is C14H19N5O. The number of rotatable bonds is 5. The second kappa shape index (κ2) is 6.72. The number of carbonyl (C=O) groups excluding carboxylic acids is 1. The van der Waals surface area contributed by atoms with E-state index in [1.807, 2.05) is 43.5 Å². The number of anilines is 1. The summed E-state index contributed by atoms with van der Waals surface area (Å²) < 4.78 is 1.76. The van der Waals surface area contributed by atoms with Gasteiger partial charge in [0, 0.05) is 30.7 Å². The van der Waals surface area contributed by atoms with Crippen molar-refractivity contribution in [2.75, 3.05) is 11.9 Å². The average Bonchev–Trinajstić information content (AvgIpc) is 2.92. The van der Waals surface area contributed by atoms with Crippen LogP contribution in [0.15, 0.2) is 42.7 Å². The van der Waals surface area contributed by atoms with E-state index >= 15 is 0 Å². The van der Waals surface area contributed by atoms with Crippen molar-refractivity contribution in [1.82, 2.24) is 15.1 Å². The van der Waals surface area contributed by atoms with E-state index in [0.717, 1.165) is 11.3 Å². The zero-order valence-electron chi connectivity index (χ0n) is 11.4. The average molecular weight is 273 g/mol. The summed E-state index contributed by atoms with van der Waals surface area (Å²) in [5, 5.41) is 9.60. The largest absolute Gasteiger partial charge is 0.336 e. The van der Waals surface area contributed by atoms with Crippen LogP contribution in [-0.2, 0) is 6.54 Å². The lowest BCUT2D eigenvalue weighted by atomic mass is 10.1. The first-order valence-corrected chi connectivity index (χ1v) is 6.53. The molecule has 0 saturated carbocycles. The van der Waals surface area contributed by atoms with Gasteiger partial charge in [0.05, 0.1) is 6.54 Å². The lowest BCUT2D eigenvalue weighted by Gasteiger charge is -2.09. The first-order chi connectivity index (χ1) is 9.65. The molecule has 20 heavy (non-hydrogen) atoms. The van der Waals surface area contributed by atoms with Gasteiger partial charge in [-0.2, -0.15) is 5.10 Å². The number of nitrogens with zero attached hydrogens (tertiary/aromatic N) is 2. The van der Waals surface area contributed by atoms with Crippen molar-refractivity contribution in [3.8, 4) is 0 Å². The number of carbonyl (C=O) groups is 1. The predicted octanol–water partition coefficient (Wildman–Crippen LogP) is 1.72. The minimum Gasteiger partial charge on any atom is -0.336 e. The third-order valence-corrected chi connectivity index (χ3v) is 2.88. The maximum atomic E-state index is 11.7. The summed E-state index contributed by atoms with van der Waals surface area (Å²) in [5.41, 5.74) is 7.55. The number of aromatic nitrogens is 2. The van der Waals surface area contributed by atoms with Crippen LogP contribution in [0.4, 0.5) is 10.5 Å². The highest BCUT2D eigenvalue weighted by Crippen LogP contribution is 2.13. The molecule has 0 aliphatic carbocycles. The summed E-state index contributed by atoms with van der Waals surface area (Å²) >= 11 is 0. The molecule has 0 bridgehead atoms. The van der Waals surface area contributed by atoms with Gasteiger partial charge in [-0.1, -0.05) is 12.1 Å².